The second-order valence-corrected chi connectivity index (χ2v) is 9.98. The van der Waals surface area contributed by atoms with Gasteiger partial charge in [0.2, 0.25) is 0 Å². The standard InChI is InChI=1S/C20H29F3N4O2S/c1-24-18(25-15-19(11-5-6-12-19)16-7-3-2-4-8-16)26-17-9-13-27(14-10-17)30(28,29)20(21,22)23/h2-4,7-8,17H,5-6,9-15H2,1H3,(H2,24,25,26). The minimum Gasteiger partial charge on any atom is -0.356 e. The van der Waals surface area contributed by atoms with E-state index in [0.717, 1.165) is 19.4 Å². The average Bonchev–Trinajstić information content (AvgIpc) is 3.21. The van der Waals surface area contributed by atoms with E-state index in [4.69, 9.17) is 0 Å². The third-order valence-electron chi connectivity index (χ3n) is 6.19. The van der Waals surface area contributed by atoms with Gasteiger partial charge in [0.15, 0.2) is 5.96 Å². The van der Waals surface area contributed by atoms with E-state index in [1.54, 1.807) is 7.05 Å². The summed E-state index contributed by atoms with van der Waals surface area (Å²) >= 11 is 0. The number of alkyl halides is 3. The number of hydrogen-bond donors (Lipinski definition) is 2. The van der Waals surface area contributed by atoms with Gasteiger partial charge in [-0.05, 0) is 31.2 Å². The van der Waals surface area contributed by atoms with Gasteiger partial charge in [-0.15, -0.1) is 0 Å². The molecule has 1 heterocycles. The number of nitrogens with one attached hydrogen (secondary N) is 2. The highest BCUT2D eigenvalue weighted by Crippen LogP contribution is 2.40. The maximum Gasteiger partial charge on any atom is 0.511 e. The molecule has 30 heavy (non-hydrogen) atoms. The molecule has 0 radical (unpaired) electrons. The Kier molecular flexibility index (Phi) is 6.96. The Hall–Kier alpha value is -1.81. The lowest BCUT2D eigenvalue weighted by Crippen LogP contribution is -2.53. The number of sulfonamides is 1. The van der Waals surface area contributed by atoms with Crippen LogP contribution < -0.4 is 10.6 Å². The van der Waals surface area contributed by atoms with Crippen molar-refractivity contribution in [2.24, 2.45) is 4.99 Å². The molecule has 1 saturated heterocycles. The van der Waals surface area contributed by atoms with E-state index < -0.39 is 15.5 Å². The van der Waals surface area contributed by atoms with Gasteiger partial charge >= 0.3 is 15.5 Å². The van der Waals surface area contributed by atoms with Gasteiger partial charge in [0.05, 0.1) is 0 Å². The highest BCUT2D eigenvalue weighted by Gasteiger charge is 2.50. The zero-order chi connectivity index (χ0) is 21.8. The van der Waals surface area contributed by atoms with Gasteiger partial charge < -0.3 is 10.6 Å². The van der Waals surface area contributed by atoms with E-state index in [2.05, 4.69) is 27.8 Å². The minimum absolute atomic E-state index is 0.0447. The normalized spacial score (nSPS) is 21.5. The number of benzene rings is 1. The van der Waals surface area contributed by atoms with Gasteiger partial charge in [0, 0.05) is 38.1 Å². The largest absolute Gasteiger partial charge is 0.511 e. The minimum atomic E-state index is -5.26. The molecule has 2 N–H and O–H groups in total. The van der Waals surface area contributed by atoms with Crippen LogP contribution in [-0.2, 0) is 15.4 Å². The monoisotopic (exact) mass is 446 g/mol. The zero-order valence-corrected chi connectivity index (χ0v) is 17.9. The van der Waals surface area contributed by atoms with Crippen molar-refractivity contribution in [3.05, 3.63) is 35.9 Å². The lowest BCUT2D eigenvalue weighted by atomic mass is 9.79. The first-order valence-corrected chi connectivity index (χ1v) is 11.7. The summed E-state index contributed by atoms with van der Waals surface area (Å²) in [5.41, 5.74) is -3.91. The molecule has 1 aromatic carbocycles. The Balaban J connectivity index is 1.56. The van der Waals surface area contributed by atoms with E-state index in [9.17, 15) is 21.6 Å². The number of rotatable bonds is 5. The van der Waals surface area contributed by atoms with Crippen LogP contribution in [-0.4, -0.2) is 56.9 Å². The van der Waals surface area contributed by atoms with Crippen LogP contribution in [0.5, 0.6) is 0 Å². The predicted molar refractivity (Wildman–Crippen MR) is 111 cm³/mol. The van der Waals surface area contributed by atoms with Crippen LogP contribution >= 0.6 is 0 Å². The number of hydrogen-bond acceptors (Lipinski definition) is 3. The lowest BCUT2D eigenvalue weighted by molar-refractivity contribution is -0.0494. The van der Waals surface area contributed by atoms with Crippen LogP contribution in [0.3, 0.4) is 0 Å². The molecule has 10 heteroatoms. The molecule has 6 nitrogen and oxygen atoms in total. The molecular formula is C20H29F3N4O2S. The zero-order valence-electron chi connectivity index (χ0n) is 17.1. The molecule has 3 rings (SSSR count). The van der Waals surface area contributed by atoms with E-state index in [-0.39, 0.29) is 24.5 Å². The molecule has 1 aromatic rings. The first-order chi connectivity index (χ1) is 14.2. The fourth-order valence-electron chi connectivity index (χ4n) is 4.44. The summed E-state index contributed by atoms with van der Waals surface area (Å²) in [6.07, 6.45) is 5.12. The molecule has 0 bridgehead atoms. The SMILES string of the molecule is CN=C(NCC1(c2ccccc2)CCCC1)NC1CCN(S(=O)(=O)C(F)(F)F)CC1. The topological polar surface area (TPSA) is 73.8 Å². The fraction of sp³-hybridized carbons (Fsp3) is 0.650. The van der Waals surface area contributed by atoms with Gasteiger partial charge in [-0.2, -0.15) is 17.5 Å². The summed E-state index contributed by atoms with van der Waals surface area (Å²) in [6.45, 7) is 0.396. The summed E-state index contributed by atoms with van der Waals surface area (Å²) in [6, 6.07) is 10.3. The van der Waals surface area contributed by atoms with Crippen LogP contribution in [0.4, 0.5) is 13.2 Å². The van der Waals surface area contributed by atoms with E-state index >= 15 is 0 Å². The van der Waals surface area contributed by atoms with Crippen LogP contribution in [0.2, 0.25) is 0 Å². The van der Waals surface area contributed by atoms with Crippen molar-refractivity contribution >= 4 is 16.0 Å². The first-order valence-electron chi connectivity index (χ1n) is 10.3. The van der Waals surface area contributed by atoms with E-state index in [0.29, 0.717) is 23.1 Å². The van der Waals surface area contributed by atoms with Crippen molar-refractivity contribution in [1.29, 1.82) is 0 Å². The second kappa shape index (κ2) is 9.13. The second-order valence-electron chi connectivity index (χ2n) is 8.05. The molecule has 2 fully saturated rings. The summed E-state index contributed by atoms with van der Waals surface area (Å²) in [7, 11) is -3.60. The Morgan fingerprint density at radius 3 is 2.30 bits per heavy atom. The molecule has 1 aliphatic heterocycles. The Labute approximate surface area is 176 Å². The van der Waals surface area contributed by atoms with Crippen LogP contribution in [0.25, 0.3) is 0 Å². The smallest absolute Gasteiger partial charge is 0.356 e. The molecular weight excluding hydrogens is 417 g/mol. The van der Waals surface area contributed by atoms with Crippen molar-refractivity contribution in [1.82, 2.24) is 14.9 Å². The van der Waals surface area contributed by atoms with Crippen molar-refractivity contribution < 1.29 is 21.6 Å². The van der Waals surface area contributed by atoms with Gasteiger partial charge in [-0.1, -0.05) is 43.2 Å². The summed E-state index contributed by atoms with van der Waals surface area (Å²) < 4.78 is 61.8. The van der Waals surface area contributed by atoms with Gasteiger partial charge in [-0.25, -0.2) is 8.42 Å². The number of guanidine groups is 1. The van der Waals surface area contributed by atoms with Crippen LogP contribution in [0.1, 0.15) is 44.1 Å². The number of nitrogens with zero attached hydrogens (tertiary/aromatic N) is 2. The highest BCUT2D eigenvalue weighted by molar-refractivity contribution is 7.90. The number of piperidine rings is 1. The van der Waals surface area contributed by atoms with Crippen molar-refractivity contribution in [2.75, 3.05) is 26.7 Å². The molecule has 168 valence electrons. The molecule has 0 spiro atoms. The number of halogens is 3. The Bertz CT molecular complexity index is 829. The molecule has 2 aliphatic rings. The molecule has 0 aromatic heterocycles. The maximum absolute atomic E-state index is 12.7. The summed E-state index contributed by atoms with van der Waals surface area (Å²) in [5.74, 6) is 0.592. The number of aliphatic imine (C=N–C) groups is 1. The van der Waals surface area contributed by atoms with Crippen molar-refractivity contribution in [3.63, 3.8) is 0 Å². The Morgan fingerprint density at radius 1 is 1.17 bits per heavy atom. The predicted octanol–water partition coefficient (Wildman–Crippen LogP) is 2.98. The molecule has 0 amide bonds. The first kappa shape index (κ1) is 22.9. The van der Waals surface area contributed by atoms with Gasteiger partial charge in [-0.3, -0.25) is 4.99 Å². The third-order valence-corrected chi connectivity index (χ3v) is 7.82. The molecule has 1 saturated carbocycles. The summed E-state index contributed by atoms with van der Waals surface area (Å²) in [4.78, 5) is 4.26. The Morgan fingerprint density at radius 2 is 1.77 bits per heavy atom. The molecule has 1 aliphatic carbocycles. The van der Waals surface area contributed by atoms with Crippen LogP contribution in [0, 0.1) is 0 Å². The maximum atomic E-state index is 12.7. The van der Waals surface area contributed by atoms with Crippen LogP contribution in [0.15, 0.2) is 35.3 Å². The molecule has 0 atom stereocenters. The van der Waals surface area contributed by atoms with Gasteiger partial charge in [0.25, 0.3) is 0 Å². The van der Waals surface area contributed by atoms with Crippen molar-refractivity contribution in [3.8, 4) is 0 Å². The van der Waals surface area contributed by atoms with Crippen molar-refractivity contribution in [2.45, 2.75) is 55.5 Å². The average molecular weight is 447 g/mol. The van der Waals surface area contributed by atoms with E-state index in [1.807, 2.05) is 18.2 Å². The quantitative estimate of drug-likeness (QED) is 0.539. The van der Waals surface area contributed by atoms with E-state index in [1.165, 1.54) is 18.4 Å². The molecule has 0 unspecified atom stereocenters. The highest BCUT2D eigenvalue weighted by atomic mass is 32.2. The third kappa shape index (κ3) is 4.91. The van der Waals surface area contributed by atoms with Gasteiger partial charge in [0.1, 0.15) is 0 Å². The lowest BCUT2D eigenvalue weighted by Gasteiger charge is -2.34. The fourth-order valence-corrected chi connectivity index (χ4v) is 5.42. The summed E-state index contributed by atoms with van der Waals surface area (Å²) in [5, 5.41) is 6.64.